The van der Waals surface area contributed by atoms with Gasteiger partial charge in [-0.2, -0.15) is 0 Å². The number of quaternary nitrogens is 1. The standard InChI is InChI=1S/C26H52NO4P/c1-5-6-7-8-9-10-11-12-13-14-15-16-17-18-19-20-21-22-23-24-26(28,32(29,30)31)25-27(2,3)4/h12-13,21-22,28H,5-11,14-20,23-25H2,1-4H3,(H-,29,30,31)/p+1/b13-12-,22-21-. The van der Waals surface area contributed by atoms with Gasteiger partial charge in [-0.1, -0.05) is 82.6 Å². The number of rotatable bonds is 21. The molecule has 0 aromatic carbocycles. The van der Waals surface area contributed by atoms with Crippen LogP contribution in [0.1, 0.15) is 110 Å². The summed E-state index contributed by atoms with van der Waals surface area (Å²) in [6.07, 6.45) is 27.1. The second-order valence-electron chi connectivity index (χ2n) is 10.4. The van der Waals surface area contributed by atoms with Gasteiger partial charge in [-0.05, 0) is 51.4 Å². The van der Waals surface area contributed by atoms with Crippen LogP contribution in [-0.4, -0.2) is 52.4 Å². The molecule has 5 nitrogen and oxygen atoms in total. The van der Waals surface area contributed by atoms with E-state index in [9.17, 15) is 19.5 Å². The third kappa shape index (κ3) is 18.0. The Hall–Kier alpha value is -0.450. The van der Waals surface area contributed by atoms with Crippen LogP contribution in [0, 0.1) is 0 Å². The summed E-state index contributed by atoms with van der Waals surface area (Å²) < 4.78 is 12.1. The Bertz CT molecular complexity index is 551. The average molecular weight is 475 g/mol. The van der Waals surface area contributed by atoms with Crippen molar-refractivity contribution in [3.63, 3.8) is 0 Å². The predicted octanol–water partition coefficient (Wildman–Crippen LogP) is 6.93. The van der Waals surface area contributed by atoms with E-state index in [2.05, 4.69) is 25.2 Å². The van der Waals surface area contributed by atoms with Gasteiger partial charge in [0.25, 0.3) is 0 Å². The van der Waals surface area contributed by atoms with E-state index in [1.165, 1.54) is 77.0 Å². The van der Waals surface area contributed by atoms with E-state index in [0.29, 0.717) is 10.9 Å². The smallest absolute Gasteiger partial charge is 0.362 e. The van der Waals surface area contributed by atoms with Gasteiger partial charge in [0.2, 0.25) is 5.34 Å². The first-order valence-corrected chi connectivity index (χ1v) is 14.5. The minimum absolute atomic E-state index is 0.0271. The van der Waals surface area contributed by atoms with Crippen molar-refractivity contribution in [2.24, 2.45) is 0 Å². The molecule has 0 amide bonds. The van der Waals surface area contributed by atoms with Crippen LogP contribution >= 0.6 is 7.60 Å². The lowest BCUT2D eigenvalue weighted by atomic mass is 10.1. The van der Waals surface area contributed by atoms with Gasteiger partial charge in [0.1, 0.15) is 6.54 Å². The molecule has 1 atom stereocenters. The molecule has 0 aromatic rings. The van der Waals surface area contributed by atoms with E-state index in [4.69, 9.17) is 0 Å². The highest BCUT2D eigenvalue weighted by Gasteiger charge is 2.48. The lowest BCUT2D eigenvalue weighted by Gasteiger charge is -2.35. The summed E-state index contributed by atoms with van der Waals surface area (Å²) in [5.41, 5.74) is 0. The fraction of sp³-hybridized carbons (Fsp3) is 0.846. The van der Waals surface area contributed by atoms with Crippen LogP contribution in [0.2, 0.25) is 0 Å². The molecule has 32 heavy (non-hydrogen) atoms. The van der Waals surface area contributed by atoms with E-state index in [1.807, 2.05) is 27.2 Å². The molecule has 0 rings (SSSR count). The van der Waals surface area contributed by atoms with Crippen molar-refractivity contribution in [1.29, 1.82) is 0 Å². The molecule has 0 heterocycles. The maximum absolute atomic E-state index is 11.8. The number of nitrogens with zero attached hydrogens (tertiary/aromatic N) is 1. The van der Waals surface area contributed by atoms with Crippen LogP contribution in [0.5, 0.6) is 0 Å². The third-order valence-corrected chi connectivity index (χ3v) is 7.23. The molecule has 190 valence electrons. The van der Waals surface area contributed by atoms with E-state index in [-0.39, 0.29) is 13.0 Å². The van der Waals surface area contributed by atoms with Crippen LogP contribution in [0.3, 0.4) is 0 Å². The molecule has 0 aliphatic carbocycles. The molecule has 6 heteroatoms. The number of hydrogen-bond acceptors (Lipinski definition) is 2. The molecule has 3 N–H and O–H groups in total. The summed E-state index contributed by atoms with van der Waals surface area (Å²) in [4.78, 5) is 19.1. The molecular formula is C26H53NO4P+. The van der Waals surface area contributed by atoms with Crippen molar-refractivity contribution in [2.75, 3.05) is 27.7 Å². The Kier molecular flexibility index (Phi) is 17.7. The zero-order valence-corrected chi connectivity index (χ0v) is 22.4. The Labute approximate surface area is 198 Å². The van der Waals surface area contributed by atoms with E-state index < -0.39 is 12.9 Å². The second kappa shape index (κ2) is 18.0. The maximum atomic E-state index is 11.8. The van der Waals surface area contributed by atoms with Crippen LogP contribution in [0.15, 0.2) is 24.3 Å². The second-order valence-corrected chi connectivity index (χ2v) is 12.3. The van der Waals surface area contributed by atoms with Crippen molar-refractivity contribution in [2.45, 2.75) is 115 Å². The van der Waals surface area contributed by atoms with Crippen molar-refractivity contribution in [3.8, 4) is 0 Å². The summed E-state index contributed by atoms with van der Waals surface area (Å²) in [6.45, 7) is 2.29. The quantitative estimate of drug-likeness (QED) is 0.0729. The summed E-state index contributed by atoms with van der Waals surface area (Å²) in [7, 11) is 0.891. The first kappa shape index (κ1) is 31.6. The number of likely N-dealkylation sites (N-methyl/N-ethyl adjacent to an activating group) is 1. The minimum atomic E-state index is -4.58. The monoisotopic (exact) mass is 474 g/mol. The van der Waals surface area contributed by atoms with Gasteiger partial charge in [0.05, 0.1) is 21.1 Å². The molecule has 0 aliphatic rings. The third-order valence-electron chi connectivity index (χ3n) is 5.78. The Morgan fingerprint density at radius 1 is 0.688 bits per heavy atom. The largest absolute Gasteiger partial charge is 0.373 e. The van der Waals surface area contributed by atoms with E-state index in [1.54, 1.807) is 0 Å². The predicted molar refractivity (Wildman–Crippen MR) is 138 cm³/mol. The molecule has 0 fully saturated rings. The van der Waals surface area contributed by atoms with Crippen LogP contribution in [0.25, 0.3) is 0 Å². The first-order valence-electron chi connectivity index (χ1n) is 12.9. The molecular weight excluding hydrogens is 421 g/mol. The number of hydrogen-bond donors (Lipinski definition) is 3. The summed E-state index contributed by atoms with van der Waals surface area (Å²) >= 11 is 0. The summed E-state index contributed by atoms with van der Waals surface area (Å²) in [6, 6.07) is 0. The lowest BCUT2D eigenvalue weighted by molar-refractivity contribution is -0.875. The molecule has 0 saturated heterocycles. The highest BCUT2D eigenvalue weighted by Crippen LogP contribution is 2.52. The zero-order valence-electron chi connectivity index (χ0n) is 21.5. The highest BCUT2D eigenvalue weighted by atomic mass is 31.2. The molecule has 0 radical (unpaired) electrons. The molecule has 0 spiro atoms. The van der Waals surface area contributed by atoms with Gasteiger partial charge in [-0.25, -0.2) is 0 Å². The molecule has 0 bridgehead atoms. The van der Waals surface area contributed by atoms with Crippen molar-refractivity contribution in [1.82, 2.24) is 0 Å². The van der Waals surface area contributed by atoms with Crippen molar-refractivity contribution >= 4 is 7.60 Å². The van der Waals surface area contributed by atoms with E-state index in [0.717, 1.165) is 12.8 Å². The van der Waals surface area contributed by atoms with Gasteiger partial charge < -0.3 is 19.4 Å². The topological polar surface area (TPSA) is 77.8 Å². The number of unbranched alkanes of at least 4 members (excludes halogenated alkanes) is 12. The molecule has 0 aromatic heterocycles. The normalized spacial score (nSPS) is 15.1. The number of allylic oxidation sites excluding steroid dienone is 4. The van der Waals surface area contributed by atoms with Gasteiger partial charge in [0.15, 0.2) is 0 Å². The average Bonchev–Trinajstić information content (AvgIpc) is 2.67. The lowest BCUT2D eigenvalue weighted by Crippen LogP contribution is -2.49. The molecule has 0 aliphatic heterocycles. The van der Waals surface area contributed by atoms with Crippen LogP contribution in [0.4, 0.5) is 0 Å². The molecule has 0 saturated carbocycles. The minimum Gasteiger partial charge on any atom is -0.373 e. The maximum Gasteiger partial charge on any atom is 0.362 e. The number of aliphatic hydroxyl groups is 1. The van der Waals surface area contributed by atoms with Gasteiger partial charge >= 0.3 is 7.60 Å². The Morgan fingerprint density at radius 3 is 1.44 bits per heavy atom. The summed E-state index contributed by atoms with van der Waals surface area (Å²) in [5, 5.41) is 8.55. The SMILES string of the molecule is CCCCCCCC/C=C\CCCCCCC/C=C\CCC(O)(C[N+](C)(C)C)P(=O)(O)O. The van der Waals surface area contributed by atoms with Gasteiger partial charge in [0, 0.05) is 0 Å². The Morgan fingerprint density at radius 2 is 1.06 bits per heavy atom. The van der Waals surface area contributed by atoms with Crippen LogP contribution < -0.4 is 0 Å². The van der Waals surface area contributed by atoms with Crippen molar-refractivity contribution in [3.05, 3.63) is 24.3 Å². The molecule has 1 unspecified atom stereocenters. The zero-order chi connectivity index (χ0) is 24.3. The Balaban J connectivity index is 3.70. The van der Waals surface area contributed by atoms with Crippen molar-refractivity contribution < 1.29 is 23.9 Å². The highest BCUT2D eigenvalue weighted by molar-refractivity contribution is 7.53. The fourth-order valence-corrected chi connectivity index (χ4v) is 4.99. The van der Waals surface area contributed by atoms with E-state index >= 15 is 0 Å². The van der Waals surface area contributed by atoms with Gasteiger partial charge in [-0.15, -0.1) is 0 Å². The van der Waals surface area contributed by atoms with Gasteiger partial charge in [-0.3, -0.25) is 4.57 Å². The fourth-order valence-electron chi connectivity index (χ4n) is 3.96. The first-order chi connectivity index (χ1) is 15.0. The van der Waals surface area contributed by atoms with Crippen LogP contribution in [-0.2, 0) is 4.57 Å². The summed E-state index contributed by atoms with van der Waals surface area (Å²) in [5.74, 6) is 0.